The molecule has 0 spiro atoms. The lowest BCUT2D eigenvalue weighted by Gasteiger charge is -2.06. The third kappa shape index (κ3) is 4.21. The fraction of sp³-hybridized carbons (Fsp3) is 0.0588. The summed E-state index contributed by atoms with van der Waals surface area (Å²) in [5, 5.41) is 2.66. The number of hydrogen-bond donors (Lipinski definition) is 2. The lowest BCUT2D eigenvalue weighted by Crippen LogP contribution is -2.16. The van der Waals surface area contributed by atoms with E-state index in [1.165, 1.54) is 18.2 Å². The van der Waals surface area contributed by atoms with Gasteiger partial charge < -0.3 is 10.3 Å². The summed E-state index contributed by atoms with van der Waals surface area (Å²) in [7, 11) is 0. The molecule has 0 atom stereocenters. The number of rotatable bonds is 5. The number of hydrogen-bond acceptors (Lipinski definition) is 3. The lowest BCUT2D eigenvalue weighted by molar-refractivity contribution is -0.113. The number of thioether (sulfide) groups is 1. The van der Waals surface area contributed by atoms with Gasteiger partial charge in [-0.15, -0.1) is 0 Å². The molecule has 128 valence electrons. The van der Waals surface area contributed by atoms with Crippen LogP contribution in [0.15, 0.2) is 53.8 Å². The fourth-order valence-corrected chi connectivity index (χ4v) is 2.73. The molecule has 0 unspecified atom stereocenters. The molecule has 0 bridgehead atoms. The Morgan fingerprint density at radius 1 is 1.08 bits per heavy atom. The second-order valence-corrected chi connectivity index (χ2v) is 6.01. The first-order valence-corrected chi connectivity index (χ1v) is 8.19. The Hall–Kier alpha value is -2.74. The van der Waals surface area contributed by atoms with E-state index in [1.54, 1.807) is 18.3 Å². The molecule has 1 amide bonds. The van der Waals surface area contributed by atoms with Crippen molar-refractivity contribution in [1.82, 2.24) is 9.97 Å². The summed E-state index contributed by atoms with van der Waals surface area (Å²) in [6, 6.07) is 9.21. The Morgan fingerprint density at radius 3 is 2.44 bits per heavy atom. The van der Waals surface area contributed by atoms with Crippen molar-refractivity contribution in [1.29, 1.82) is 0 Å². The summed E-state index contributed by atoms with van der Waals surface area (Å²) in [5.74, 6) is -2.65. The Labute approximate surface area is 145 Å². The van der Waals surface area contributed by atoms with Crippen LogP contribution in [0.1, 0.15) is 0 Å². The maximum absolute atomic E-state index is 13.5. The number of halogens is 3. The first kappa shape index (κ1) is 17.1. The van der Waals surface area contributed by atoms with Gasteiger partial charge in [0.05, 0.1) is 17.6 Å². The topological polar surface area (TPSA) is 57.8 Å². The minimum absolute atomic E-state index is 0.0792. The Kier molecular flexibility index (Phi) is 5.08. The number of aromatic amines is 1. The molecule has 0 fully saturated rings. The van der Waals surface area contributed by atoms with Crippen LogP contribution in [0.25, 0.3) is 11.3 Å². The molecule has 2 aromatic carbocycles. The van der Waals surface area contributed by atoms with Gasteiger partial charge >= 0.3 is 0 Å². The summed E-state index contributed by atoms with van der Waals surface area (Å²) in [4.78, 5) is 19.0. The van der Waals surface area contributed by atoms with E-state index in [0.717, 1.165) is 29.5 Å². The molecule has 0 saturated carbocycles. The normalized spacial score (nSPS) is 10.7. The van der Waals surface area contributed by atoms with Crippen molar-refractivity contribution >= 4 is 23.4 Å². The zero-order valence-corrected chi connectivity index (χ0v) is 13.5. The van der Waals surface area contributed by atoms with E-state index in [1.807, 2.05) is 0 Å². The maximum atomic E-state index is 13.5. The SMILES string of the molecule is O=C(CSc1ncc(-c2ccc(F)cc2)[nH]1)Nc1c(F)cccc1F. The van der Waals surface area contributed by atoms with Crippen LogP contribution in [-0.4, -0.2) is 21.6 Å². The van der Waals surface area contributed by atoms with E-state index >= 15 is 0 Å². The Balaban J connectivity index is 1.60. The predicted molar refractivity (Wildman–Crippen MR) is 89.7 cm³/mol. The van der Waals surface area contributed by atoms with Crippen LogP contribution in [0, 0.1) is 17.5 Å². The minimum Gasteiger partial charge on any atom is -0.333 e. The number of benzene rings is 2. The molecule has 0 aliphatic heterocycles. The zero-order chi connectivity index (χ0) is 17.8. The number of amides is 1. The van der Waals surface area contributed by atoms with Crippen molar-refractivity contribution in [2.45, 2.75) is 5.16 Å². The van der Waals surface area contributed by atoms with Crippen LogP contribution >= 0.6 is 11.8 Å². The monoisotopic (exact) mass is 363 g/mol. The van der Waals surface area contributed by atoms with Gasteiger partial charge in [-0.3, -0.25) is 4.79 Å². The van der Waals surface area contributed by atoms with E-state index in [2.05, 4.69) is 15.3 Å². The molecule has 3 aromatic rings. The molecule has 0 aliphatic carbocycles. The fourth-order valence-electron chi connectivity index (χ4n) is 2.08. The van der Waals surface area contributed by atoms with Crippen molar-refractivity contribution in [3.8, 4) is 11.3 Å². The summed E-state index contributed by atoms with van der Waals surface area (Å²) < 4.78 is 39.9. The van der Waals surface area contributed by atoms with Crippen LogP contribution in [0.2, 0.25) is 0 Å². The second kappa shape index (κ2) is 7.43. The molecule has 0 aliphatic rings. The molecular weight excluding hydrogens is 351 g/mol. The second-order valence-electron chi connectivity index (χ2n) is 5.04. The first-order valence-electron chi connectivity index (χ1n) is 7.20. The lowest BCUT2D eigenvalue weighted by atomic mass is 10.2. The minimum atomic E-state index is -0.838. The molecule has 0 saturated heterocycles. The maximum Gasteiger partial charge on any atom is 0.235 e. The number of nitrogens with zero attached hydrogens (tertiary/aromatic N) is 1. The first-order chi connectivity index (χ1) is 12.0. The molecule has 25 heavy (non-hydrogen) atoms. The van der Waals surface area contributed by atoms with E-state index in [4.69, 9.17) is 0 Å². The molecular formula is C17H12F3N3OS. The van der Waals surface area contributed by atoms with E-state index < -0.39 is 23.2 Å². The van der Waals surface area contributed by atoms with Crippen molar-refractivity contribution in [2.75, 3.05) is 11.1 Å². The molecule has 2 N–H and O–H groups in total. The van der Waals surface area contributed by atoms with E-state index in [0.29, 0.717) is 10.9 Å². The van der Waals surface area contributed by atoms with E-state index in [-0.39, 0.29) is 11.6 Å². The van der Waals surface area contributed by atoms with Crippen molar-refractivity contribution in [3.63, 3.8) is 0 Å². The molecule has 1 heterocycles. The number of carbonyl (C=O) groups excluding carboxylic acids is 1. The van der Waals surface area contributed by atoms with Gasteiger partial charge in [0.15, 0.2) is 5.16 Å². The number of carbonyl (C=O) groups is 1. The number of nitrogens with one attached hydrogen (secondary N) is 2. The third-order valence-corrected chi connectivity index (χ3v) is 4.16. The summed E-state index contributed by atoms with van der Waals surface area (Å²) in [6.45, 7) is 0. The van der Waals surface area contributed by atoms with Crippen molar-refractivity contribution in [3.05, 3.63) is 66.1 Å². The van der Waals surface area contributed by atoms with Crippen molar-refractivity contribution < 1.29 is 18.0 Å². The molecule has 8 heteroatoms. The third-order valence-electron chi connectivity index (χ3n) is 3.27. The number of aromatic nitrogens is 2. The number of para-hydroxylation sites is 1. The smallest absolute Gasteiger partial charge is 0.235 e. The molecule has 3 rings (SSSR count). The number of imidazole rings is 1. The highest BCUT2D eigenvalue weighted by molar-refractivity contribution is 7.99. The average Bonchev–Trinajstić information content (AvgIpc) is 3.06. The Bertz CT molecular complexity index is 876. The van der Waals surface area contributed by atoms with Crippen LogP contribution in [0.3, 0.4) is 0 Å². The van der Waals surface area contributed by atoms with Crippen LogP contribution < -0.4 is 5.32 Å². The standard InChI is InChI=1S/C17H12F3N3OS/c18-11-6-4-10(5-7-11)14-8-21-17(22-14)25-9-15(24)23-16-12(19)2-1-3-13(16)20/h1-8H,9H2,(H,21,22)(H,23,24). The number of H-pyrrole nitrogens is 1. The van der Waals surface area contributed by atoms with Crippen LogP contribution in [-0.2, 0) is 4.79 Å². The Morgan fingerprint density at radius 2 is 1.76 bits per heavy atom. The highest BCUT2D eigenvalue weighted by Gasteiger charge is 2.13. The highest BCUT2D eigenvalue weighted by Crippen LogP contribution is 2.23. The van der Waals surface area contributed by atoms with Gasteiger partial charge in [0.1, 0.15) is 23.1 Å². The van der Waals surface area contributed by atoms with Gasteiger partial charge in [-0.2, -0.15) is 0 Å². The molecule has 4 nitrogen and oxygen atoms in total. The van der Waals surface area contributed by atoms with Crippen LogP contribution in [0.5, 0.6) is 0 Å². The average molecular weight is 363 g/mol. The summed E-state index contributed by atoms with van der Waals surface area (Å²) in [6.07, 6.45) is 1.56. The van der Waals surface area contributed by atoms with Gasteiger partial charge in [-0.1, -0.05) is 17.8 Å². The van der Waals surface area contributed by atoms with Gasteiger partial charge in [0, 0.05) is 0 Å². The highest BCUT2D eigenvalue weighted by atomic mass is 32.2. The van der Waals surface area contributed by atoms with Gasteiger partial charge in [0.25, 0.3) is 0 Å². The van der Waals surface area contributed by atoms with Gasteiger partial charge in [-0.05, 0) is 42.0 Å². The molecule has 0 radical (unpaired) electrons. The van der Waals surface area contributed by atoms with Crippen LogP contribution in [0.4, 0.5) is 18.9 Å². The quantitative estimate of drug-likeness (QED) is 0.667. The summed E-state index contributed by atoms with van der Waals surface area (Å²) in [5.41, 5.74) is 0.946. The largest absolute Gasteiger partial charge is 0.333 e. The van der Waals surface area contributed by atoms with Gasteiger partial charge in [-0.25, -0.2) is 18.2 Å². The predicted octanol–water partition coefficient (Wildman–Crippen LogP) is 4.22. The van der Waals surface area contributed by atoms with Gasteiger partial charge in [0.2, 0.25) is 5.91 Å². The number of anilines is 1. The van der Waals surface area contributed by atoms with E-state index in [9.17, 15) is 18.0 Å². The van der Waals surface area contributed by atoms with Crippen molar-refractivity contribution in [2.24, 2.45) is 0 Å². The summed E-state index contributed by atoms with van der Waals surface area (Å²) >= 11 is 1.08. The molecule has 1 aromatic heterocycles. The zero-order valence-electron chi connectivity index (χ0n) is 12.7.